The van der Waals surface area contributed by atoms with Crippen molar-refractivity contribution in [3.63, 3.8) is 0 Å². The van der Waals surface area contributed by atoms with Gasteiger partial charge in [-0.25, -0.2) is 0 Å². The summed E-state index contributed by atoms with van der Waals surface area (Å²) in [6.45, 7) is 5.33. The monoisotopic (exact) mass is 363 g/mol. The van der Waals surface area contributed by atoms with E-state index in [1.165, 1.54) is 11.3 Å². The van der Waals surface area contributed by atoms with E-state index in [0.717, 1.165) is 29.7 Å². The van der Waals surface area contributed by atoms with E-state index in [0.29, 0.717) is 13.1 Å². The Hall–Kier alpha value is -2.89. The van der Waals surface area contributed by atoms with Gasteiger partial charge in [-0.2, -0.15) is 10.2 Å². The zero-order valence-electron chi connectivity index (χ0n) is 16.1. The molecule has 0 saturated carbocycles. The Labute approximate surface area is 159 Å². The molecule has 1 aliphatic heterocycles. The van der Waals surface area contributed by atoms with E-state index >= 15 is 0 Å². The van der Waals surface area contributed by atoms with Crippen molar-refractivity contribution in [2.75, 3.05) is 13.1 Å². The van der Waals surface area contributed by atoms with Gasteiger partial charge in [0, 0.05) is 49.6 Å². The summed E-state index contributed by atoms with van der Waals surface area (Å²) in [5.74, 6) is 0.125. The van der Waals surface area contributed by atoms with Crippen LogP contribution in [0.4, 0.5) is 0 Å². The first-order chi connectivity index (χ1) is 13.0. The summed E-state index contributed by atoms with van der Waals surface area (Å²) in [5.41, 5.74) is 5.73. The average molecular weight is 363 g/mol. The van der Waals surface area contributed by atoms with Gasteiger partial charge in [0.25, 0.3) is 0 Å². The maximum Gasteiger partial charge on any atom is 0.247 e. The summed E-state index contributed by atoms with van der Waals surface area (Å²) in [7, 11) is 2.00. The zero-order valence-corrected chi connectivity index (χ0v) is 16.1. The Morgan fingerprint density at radius 1 is 1.15 bits per heavy atom. The maximum atomic E-state index is 13.0. The molecule has 0 radical (unpaired) electrons. The summed E-state index contributed by atoms with van der Waals surface area (Å²) >= 11 is 0. The number of benzene rings is 1. The third-order valence-electron chi connectivity index (χ3n) is 5.37. The average Bonchev–Trinajstić information content (AvgIpc) is 3.17. The fourth-order valence-corrected chi connectivity index (χ4v) is 3.85. The first-order valence-electron chi connectivity index (χ1n) is 9.44. The summed E-state index contributed by atoms with van der Waals surface area (Å²) in [6.07, 6.45) is 5.36. The molecule has 0 saturated heterocycles. The second kappa shape index (κ2) is 7.02. The van der Waals surface area contributed by atoms with Crippen LogP contribution in [-0.2, 0) is 24.7 Å². The molecule has 1 atom stereocenters. The van der Waals surface area contributed by atoms with Gasteiger partial charge in [-0.15, -0.1) is 0 Å². The lowest BCUT2D eigenvalue weighted by Gasteiger charge is -2.24. The molecule has 0 N–H and O–H groups in total. The van der Waals surface area contributed by atoms with Crippen LogP contribution in [0.2, 0.25) is 0 Å². The van der Waals surface area contributed by atoms with E-state index in [4.69, 9.17) is 5.10 Å². The Kier molecular flexibility index (Phi) is 4.56. The SMILES string of the molecule is Cc1cnn(C(C)C(=O)N2CCc3c(-c4ccccc4)nn(C)c3CC2)c1. The molecule has 1 unspecified atom stereocenters. The molecule has 6 heteroatoms. The van der Waals surface area contributed by atoms with Crippen LogP contribution in [0.15, 0.2) is 42.7 Å². The molecule has 140 valence electrons. The number of nitrogens with zero attached hydrogens (tertiary/aromatic N) is 5. The molecule has 4 rings (SSSR count). The molecular weight excluding hydrogens is 338 g/mol. The minimum absolute atomic E-state index is 0.125. The van der Waals surface area contributed by atoms with Crippen molar-refractivity contribution in [1.82, 2.24) is 24.5 Å². The van der Waals surface area contributed by atoms with E-state index in [2.05, 4.69) is 17.2 Å². The van der Waals surface area contributed by atoms with Gasteiger partial charge in [0.1, 0.15) is 6.04 Å². The van der Waals surface area contributed by atoms with Gasteiger partial charge < -0.3 is 4.90 Å². The number of aryl methyl sites for hydroxylation is 2. The second-order valence-corrected chi connectivity index (χ2v) is 7.26. The number of hydrogen-bond acceptors (Lipinski definition) is 3. The quantitative estimate of drug-likeness (QED) is 0.719. The highest BCUT2D eigenvalue weighted by Crippen LogP contribution is 2.28. The molecule has 0 spiro atoms. The predicted octanol–water partition coefficient (Wildman–Crippen LogP) is 2.78. The fraction of sp³-hybridized carbons (Fsp3) is 0.381. The smallest absolute Gasteiger partial charge is 0.247 e. The molecular formula is C21H25N5O. The lowest BCUT2D eigenvalue weighted by atomic mass is 10.0. The first-order valence-corrected chi connectivity index (χ1v) is 9.44. The van der Waals surface area contributed by atoms with Crippen molar-refractivity contribution in [3.8, 4) is 11.3 Å². The molecule has 3 heterocycles. The molecule has 2 aromatic heterocycles. The molecule has 0 fully saturated rings. The molecule has 0 aliphatic carbocycles. The van der Waals surface area contributed by atoms with Crippen LogP contribution >= 0.6 is 0 Å². The maximum absolute atomic E-state index is 13.0. The first kappa shape index (κ1) is 17.5. The highest BCUT2D eigenvalue weighted by atomic mass is 16.2. The largest absolute Gasteiger partial charge is 0.340 e. The summed E-state index contributed by atoms with van der Waals surface area (Å²) < 4.78 is 3.73. The number of aromatic nitrogens is 4. The van der Waals surface area contributed by atoms with Gasteiger partial charge in [0.15, 0.2) is 0 Å². The second-order valence-electron chi connectivity index (χ2n) is 7.26. The van der Waals surface area contributed by atoms with Gasteiger partial charge in [0.2, 0.25) is 5.91 Å². The highest BCUT2D eigenvalue weighted by Gasteiger charge is 2.27. The highest BCUT2D eigenvalue weighted by molar-refractivity contribution is 5.80. The Morgan fingerprint density at radius 3 is 2.59 bits per heavy atom. The molecule has 27 heavy (non-hydrogen) atoms. The number of amides is 1. The van der Waals surface area contributed by atoms with E-state index in [1.807, 2.05) is 54.9 Å². The van der Waals surface area contributed by atoms with Crippen molar-refractivity contribution in [3.05, 3.63) is 59.5 Å². The van der Waals surface area contributed by atoms with Crippen LogP contribution < -0.4 is 0 Å². The lowest BCUT2D eigenvalue weighted by Crippen LogP contribution is -2.38. The van der Waals surface area contributed by atoms with Crippen LogP contribution in [0.25, 0.3) is 11.3 Å². The van der Waals surface area contributed by atoms with Gasteiger partial charge in [-0.05, 0) is 25.8 Å². The number of carbonyl (C=O) groups excluding carboxylic acids is 1. The van der Waals surface area contributed by atoms with E-state index in [9.17, 15) is 4.79 Å². The van der Waals surface area contributed by atoms with Gasteiger partial charge in [-0.1, -0.05) is 30.3 Å². The Balaban J connectivity index is 1.56. The number of carbonyl (C=O) groups is 1. The number of fused-ring (bicyclic) bond motifs is 1. The topological polar surface area (TPSA) is 56.0 Å². The van der Waals surface area contributed by atoms with Crippen molar-refractivity contribution in [2.45, 2.75) is 32.7 Å². The van der Waals surface area contributed by atoms with Crippen molar-refractivity contribution in [2.24, 2.45) is 7.05 Å². The van der Waals surface area contributed by atoms with E-state index in [-0.39, 0.29) is 11.9 Å². The summed E-state index contributed by atoms with van der Waals surface area (Å²) in [6, 6.07) is 10.0. The summed E-state index contributed by atoms with van der Waals surface area (Å²) in [5, 5.41) is 9.07. The molecule has 3 aromatic rings. The van der Waals surface area contributed by atoms with Crippen molar-refractivity contribution in [1.29, 1.82) is 0 Å². The van der Waals surface area contributed by atoms with Crippen LogP contribution in [0.3, 0.4) is 0 Å². The molecule has 1 aliphatic rings. The van der Waals surface area contributed by atoms with Gasteiger partial charge in [-0.3, -0.25) is 14.2 Å². The Bertz CT molecular complexity index is 956. The van der Waals surface area contributed by atoms with Crippen molar-refractivity contribution < 1.29 is 4.79 Å². The third-order valence-corrected chi connectivity index (χ3v) is 5.37. The number of rotatable bonds is 3. The van der Waals surface area contributed by atoms with Gasteiger partial charge >= 0.3 is 0 Å². The lowest BCUT2D eigenvalue weighted by molar-refractivity contribution is -0.134. The standard InChI is InChI=1S/C21H25N5O/c1-15-13-22-26(14-15)16(2)21(27)25-11-9-18-19(10-12-25)24(3)23-20(18)17-7-5-4-6-8-17/h4-8,13-14,16H,9-12H2,1-3H3. The fourth-order valence-electron chi connectivity index (χ4n) is 3.85. The Morgan fingerprint density at radius 2 is 1.89 bits per heavy atom. The van der Waals surface area contributed by atoms with E-state index in [1.54, 1.807) is 10.9 Å². The van der Waals surface area contributed by atoms with E-state index < -0.39 is 0 Å². The molecule has 6 nitrogen and oxygen atoms in total. The molecule has 1 amide bonds. The zero-order chi connectivity index (χ0) is 19.0. The normalized spacial score (nSPS) is 15.3. The van der Waals surface area contributed by atoms with Crippen LogP contribution in [0.1, 0.15) is 29.8 Å². The number of hydrogen-bond donors (Lipinski definition) is 0. The van der Waals surface area contributed by atoms with Crippen molar-refractivity contribution >= 4 is 5.91 Å². The van der Waals surface area contributed by atoms with Gasteiger partial charge in [0.05, 0.1) is 11.9 Å². The minimum Gasteiger partial charge on any atom is -0.340 e. The minimum atomic E-state index is -0.286. The third kappa shape index (κ3) is 3.27. The predicted molar refractivity (Wildman–Crippen MR) is 104 cm³/mol. The van der Waals surface area contributed by atoms with Crippen LogP contribution in [0.5, 0.6) is 0 Å². The molecule has 1 aromatic carbocycles. The van der Waals surface area contributed by atoms with Crippen LogP contribution in [0, 0.1) is 6.92 Å². The summed E-state index contributed by atoms with van der Waals surface area (Å²) in [4.78, 5) is 15.0. The molecule has 0 bridgehead atoms. The van der Waals surface area contributed by atoms with Crippen LogP contribution in [-0.4, -0.2) is 43.5 Å².